The fraction of sp³-hybridized carbons (Fsp3) is 0.825. The smallest absolute Gasteiger partial charge is 0.306 e. The first-order valence-corrected chi connectivity index (χ1v) is 30.1. The second-order valence-corrected chi connectivity index (χ2v) is 20.3. The molecule has 0 aromatic heterocycles. The molecule has 0 saturated heterocycles. The van der Waals surface area contributed by atoms with Gasteiger partial charge in [-0.2, -0.15) is 0 Å². The molecule has 0 amide bonds. The van der Waals surface area contributed by atoms with E-state index >= 15 is 0 Å². The maximum absolute atomic E-state index is 12.9. The zero-order chi connectivity index (χ0) is 50.0. The molecule has 0 rings (SSSR count). The van der Waals surface area contributed by atoms with Gasteiger partial charge in [0.25, 0.3) is 0 Å². The number of carbonyl (C=O) groups is 3. The summed E-state index contributed by atoms with van der Waals surface area (Å²) in [6.45, 7) is 6.63. The number of rotatable bonds is 55. The number of carbonyl (C=O) groups excluding carboxylic acids is 3. The average Bonchev–Trinajstić information content (AvgIpc) is 3.35. The molecule has 0 aliphatic carbocycles. The van der Waals surface area contributed by atoms with Crippen molar-refractivity contribution in [1.82, 2.24) is 0 Å². The Labute approximate surface area is 428 Å². The summed E-state index contributed by atoms with van der Waals surface area (Å²) in [7, 11) is 0. The van der Waals surface area contributed by atoms with Gasteiger partial charge in [0.2, 0.25) is 0 Å². The van der Waals surface area contributed by atoms with E-state index in [-0.39, 0.29) is 31.1 Å². The molecule has 0 aliphatic heterocycles. The summed E-state index contributed by atoms with van der Waals surface area (Å²) in [6.07, 6.45) is 71.1. The molecule has 0 unspecified atom stereocenters. The fourth-order valence-electron chi connectivity index (χ4n) is 8.75. The van der Waals surface area contributed by atoms with Gasteiger partial charge in [-0.25, -0.2) is 0 Å². The Morgan fingerprint density at radius 2 is 0.536 bits per heavy atom. The van der Waals surface area contributed by atoms with Gasteiger partial charge in [-0.15, -0.1) is 0 Å². The summed E-state index contributed by atoms with van der Waals surface area (Å²) in [4.78, 5) is 38.2. The van der Waals surface area contributed by atoms with Gasteiger partial charge in [0.05, 0.1) is 0 Å². The van der Waals surface area contributed by atoms with E-state index in [0.717, 1.165) is 57.8 Å². The number of hydrogen-bond donors (Lipinski definition) is 0. The molecule has 1 atom stereocenters. The Hall–Kier alpha value is -2.63. The number of unbranched alkanes of at least 4 members (excludes halogenated alkanes) is 36. The quantitative estimate of drug-likeness (QED) is 0.0262. The lowest BCUT2D eigenvalue weighted by Crippen LogP contribution is -2.30. The second-order valence-electron chi connectivity index (χ2n) is 20.3. The van der Waals surface area contributed by atoms with E-state index in [4.69, 9.17) is 14.2 Å². The van der Waals surface area contributed by atoms with Gasteiger partial charge < -0.3 is 14.2 Å². The van der Waals surface area contributed by atoms with Crippen LogP contribution in [0.3, 0.4) is 0 Å². The van der Waals surface area contributed by atoms with E-state index in [9.17, 15) is 14.4 Å². The molecular formula is C63H114O6. The summed E-state index contributed by atoms with van der Waals surface area (Å²) in [5.41, 5.74) is 0. The third kappa shape index (κ3) is 56.2. The van der Waals surface area contributed by atoms with Crippen molar-refractivity contribution in [2.45, 2.75) is 322 Å². The van der Waals surface area contributed by atoms with Crippen LogP contribution < -0.4 is 0 Å². The number of ether oxygens (including phenoxy) is 3. The Kier molecular flexibility index (Phi) is 55.7. The summed E-state index contributed by atoms with van der Waals surface area (Å²) >= 11 is 0. The maximum Gasteiger partial charge on any atom is 0.306 e. The van der Waals surface area contributed by atoms with Crippen LogP contribution in [-0.2, 0) is 28.6 Å². The molecule has 0 fully saturated rings. The lowest BCUT2D eigenvalue weighted by atomic mass is 10.0. The lowest BCUT2D eigenvalue weighted by Gasteiger charge is -2.18. The minimum Gasteiger partial charge on any atom is -0.462 e. The highest BCUT2D eigenvalue weighted by Crippen LogP contribution is 2.16. The van der Waals surface area contributed by atoms with Crippen LogP contribution in [0.4, 0.5) is 0 Å². The van der Waals surface area contributed by atoms with Gasteiger partial charge in [0, 0.05) is 19.3 Å². The molecule has 0 N–H and O–H groups in total. The Bertz CT molecular complexity index is 1200. The highest BCUT2D eigenvalue weighted by molar-refractivity contribution is 5.71. The second kappa shape index (κ2) is 57.9. The molecule has 402 valence electrons. The van der Waals surface area contributed by atoms with Crippen molar-refractivity contribution in [2.75, 3.05) is 13.2 Å². The zero-order valence-corrected chi connectivity index (χ0v) is 46.1. The molecule has 69 heavy (non-hydrogen) atoms. The highest BCUT2D eigenvalue weighted by Gasteiger charge is 2.19. The molecule has 6 heteroatoms. The molecule has 0 aromatic rings. The topological polar surface area (TPSA) is 78.9 Å². The van der Waals surface area contributed by atoms with Crippen LogP contribution in [0.15, 0.2) is 48.6 Å². The highest BCUT2D eigenvalue weighted by atomic mass is 16.6. The largest absolute Gasteiger partial charge is 0.462 e. The van der Waals surface area contributed by atoms with Gasteiger partial charge in [-0.05, 0) is 77.0 Å². The molecule has 0 aliphatic rings. The van der Waals surface area contributed by atoms with Crippen molar-refractivity contribution < 1.29 is 28.6 Å². The monoisotopic (exact) mass is 967 g/mol. The fourth-order valence-corrected chi connectivity index (χ4v) is 8.75. The first-order valence-electron chi connectivity index (χ1n) is 30.1. The van der Waals surface area contributed by atoms with E-state index in [1.54, 1.807) is 0 Å². The van der Waals surface area contributed by atoms with Crippen LogP contribution in [0, 0.1) is 0 Å². The van der Waals surface area contributed by atoms with Crippen LogP contribution in [0.2, 0.25) is 0 Å². The van der Waals surface area contributed by atoms with E-state index in [0.29, 0.717) is 25.7 Å². The van der Waals surface area contributed by atoms with Gasteiger partial charge in [-0.3, -0.25) is 14.4 Å². The molecule has 0 radical (unpaired) electrons. The van der Waals surface area contributed by atoms with Gasteiger partial charge >= 0.3 is 17.9 Å². The van der Waals surface area contributed by atoms with Crippen molar-refractivity contribution in [2.24, 2.45) is 0 Å². The molecule has 0 bridgehead atoms. The van der Waals surface area contributed by atoms with Crippen LogP contribution in [0.5, 0.6) is 0 Å². The van der Waals surface area contributed by atoms with Crippen molar-refractivity contribution in [1.29, 1.82) is 0 Å². The molecular weight excluding hydrogens is 853 g/mol. The summed E-state index contributed by atoms with van der Waals surface area (Å²) in [5.74, 6) is -0.929. The predicted octanol–water partition coefficient (Wildman–Crippen LogP) is 20.2. The number of hydrogen-bond acceptors (Lipinski definition) is 6. The van der Waals surface area contributed by atoms with Crippen LogP contribution in [0.1, 0.15) is 316 Å². The Morgan fingerprint density at radius 3 is 0.884 bits per heavy atom. The first kappa shape index (κ1) is 66.4. The van der Waals surface area contributed by atoms with Crippen molar-refractivity contribution in [3.63, 3.8) is 0 Å². The molecule has 0 spiro atoms. The summed E-state index contributed by atoms with van der Waals surface area (Å²) in [6, 6.07) is 0. The maximum atomic E-state index is 12.9. The SMILES string of the molecule is CCCCCCCC/C=C\C/C=C\C/C=C\CCCC(=O)OC[C@H](COC(=O)CCCCCCCCCCCCCCCCCCC)OC(=O)CCCCCCCCC/C=C\CCCCCCCC. The normalized spacial score (nSPS) is 12.3. The van der Waals surface area contributed by atoms with Gasteiger partial charge in [0.1, 0.15) is 13.2 Å². The molecule has 0 aromatic carbocycles. The van der Waals surface area contributed by atoms with Crippen LogP contribution in [0.25, 0.3) is 0 Å². The van der Waals surface area contributed by atoms with Gasteiger partial charge in [0.15, 0.2) is 6.10 Å². The van der Waals surface area contributed by atoms with Crippen molar-refractivity contribution >= 4 is 17.9 Å². The molecule has 6 nitrogen and oxygen atoms in total. The Balaban J connectivity index is 4.42. The lowest BCUT2D eigenvalue weighted by molar-refractivity contribution is -0.167. The average molecular weight is 968 g/mol. The van der Waals surface area contributed by atoms with Gasteiger partial charge in [-0.1, -0.05) is 268 Å². The third-order valence-corrected chi connectivity index (χ3v) is 13.3. The number of allylic oxidation sites excluding steroid dienone is 8. The standard InChI is InChI=1S/C63H114O6/c1-4-7-10-13-16-19-22-25-28-31-34-37-40-43-46-49-52-55-61(64)67-58-60(69-63(66)57-54-51-48-45-42-39-36-33-30-27-24-21-18-15-12-9-6-3)59-68-62(65)56-53-50-47-44-41-38-35-32-29-26-23-20-17-14-11-8-5-2/h25,27-28,30,34,37,43,46,60H,4-24,26,29,31-33,35-36,38-42,44-45,47-59H2,1-3H3/b28-25-,30-27-,37-34-,46-43-/t60-/m1/s1. The van der Waals surface area contributed by atoms with E-state index in [1.807, 2.05) is 0 Å². The minimum atomic E-state index is -0.794. The predicted molar refractivity (Wildman–Crippen MR) is 298 cm³/mol. The summed E-state index contributed by atoms with van der Waals surface area (Å²) < 4.78 is 16.9. The zero-order valence-electron chi connectivity index (χ0n) is 46.1. The van der Waals surface area contributed by atoms with Crippen molar-refractivity contribution in [3.8, 4) is 0 Å². The van der Waals surface area contributed by atoms with Crippen molar-refractivity contribution in [3.05, 3.63) is 48.6 Å². The van der Waals surface area contributed by atoms with Crippen LogP contribution >= 0.6 is 0 Å². The first-order chi connectivity index (χ1) is 34.0. The van der Waals surface area contributed by atoms with Crippen LogP contribution in [-0.4, -0.2) is 37.2 Å². The summed E-state index contributed by atoms with van der Waals surface area (Å²) in [5, 5.41) is 0. The van der Waals surface area contributed by atoms with E-state index in [1.165, 1.54) is 212 Å². The number of esters is 3. The third-order valence-electron chi connectivity index (χ3n) is 13.3. The van der Waals surface area contributed by atoms with E-state index in [2.05, 4.69) is 69.4 Å². The molecule has 0 heterocycles. The van der Waals surface area contributed by atoms with E-state index < -0.39 is 6.10 Å². The minimum absolute atomic E-state index is 0.0871. The molecule has 0 saturated carbocycles. The Morgan fingerprint density at radius 1 is 0.290 bits per heavy atom.